The number of pyridine rings is 1. The molecular weight excluding hydrogens is 500 g/mol. The highest BCUT2D eigenvalue weighted by atomic mass is 32.1. The minimum absolute atomic E-state index is 0.572. The van der Waals surface area contributed by atoms with Crippen molar-refractivity contribution in [3.8, 4) is 34.4 Å². The summed E-state index contributed by atoms with van der Waals surface area (Å²) in [6, 6.07) is 29.9. The third kappa shape index (κ3) is 4.17. The lowest BCUT2D eigenvalue weighted by Gasteiger charge is -2.29. The second-order valence-electron chi connectivity index (χ2n) is 9.37. The predicted octanol–water partition coefficient (Wildman–Crippen LogP) is 6.36. The number of aryl methyl sites for hydroxylation is 1. The van der Waals surface area contributed by atoms with Gasteiger partial charge in [0.1, 0.15) is 5.54 Å². The Morgan fingerprint density at radius 3 is 2.31 bits per heavy atom. The van der Waals surface area contributed by atoms with Crippen LogP contribution in [0.4, 0.5) is 0 Å². The average Bonchev–Trinajstić information content (AvgIpc) is 3.63. The van der Waals surface area contributed by atoms with Gasteiger partial charge in [-0.1, -0.05) is 30.3 Å². The Morgan fingerprint density at radius 1 is 0.821 bits per heavy atom. The molecule has 0 amide bonds. The van der Waals surface area contributed by atoms with Gasteiger partial charge in [0.05, 0.1) is 41.5 Å². The predicted molar refractivity (Wildman–Crippen MR) is 154 cm³/mol. The molecule has 0 saturated carbocycles. The van der Waals surface area contributed by atoms with Crippen molar-refractivity contribution in [1.29, 1.82) is 10.5 Å². The van der Waals surface area contributed by atoms with Crippen LogP contribution in [0.25, 0.3) is 32.3 Å². The zero-order valence-electron chi connectivity index (χ0n) is 21.0. The van der Waals surface area contributed by atoms with E-state index in [0.29, 0.717) is 11.1 Å². The summed E-state index contributed by atoms with van der Waals surface area (Å²) in [4.78, 5) is 9.62. The van der Waals surface area contributed by atoms with Crippen LogP contribution >= 0.6 is 11.3 Å². The standard InChI is InChI=1S/C32H22N6S/c1-38-20-37-19-30(38)32(35,26-9-7-21(16-33)8-10-26)31-15-28-27(23-5-2-4-22(12-23)17-34)13-25(14-29(28)39-31)24-6-3-11-36-18-24/h2-15,18-20H,35H2,1H3. The SMILES string of the molecule is Cn1cncc1C(N)(c1ccc(C#N)cc1)c1cc2c(-c3cccc(C#N)c3)cc(-c3cccnc3)cc2s1. The molecule has 0 spiro atoms. The first-order valence-corrected chi connectivity index (χ1v) is 13.1. The number of hydrogen-bond donors (Lipinski definition) is 1. The number of nitrogens with zero attached hydrogens (tertiary/aromatic N) is 5. The van der Waals surface area contributed by atoms with E-state index in [1.54, 1.807) is 42.2 Å². The molecule has 7 heteroatoms. The highest BCUT2D eigenvalue weighted by Crippen LogP contribution is 2.44. The molecule has 1 unspecified atom stereocenters. The van der Waals surface area contributed by atoms with Gasteiger partial charge in [-0.05, 0) is 70.8 Å². The molecule has 0 aliphatic rings. The fourth-order valence-electron chi connectivity index (χ4n) is 4.99. The highest BCUT2D eigenvalue weighted by molar-refractivity contribution is 7.19. The van der Waals surface area contributed by atoms with Crippen molar-refractivity contribution in [1.82, 2.24) is 14.5 Å². The van der Waals surface area contributed by atoms with Crippen LogP contribution in [0.5, 0.6) is 0 Å². The number of hydrogen-bond acceptors (Lipinski definition) is 6. The smallest absolute Gasteiger partial charge is 0.118 e. The molecule has 3 aromatic heterocycles. The van der Waals surface area contributed by atoms with Crippen LogP contribution in [0.2, 0.25) is 0 Å². The first kappa shape index (κ1) is 24.3. The van der Waals surface area contributed by atoms with Crippen LogP contribution in [-0.2, 0) is 12.6 Å². The summed E-state index contributed by atoms with van der Waals surface area (Å²) in [5, 5.41) is 20.0. The van der Waals surface area contributed by atoms with Gasteiger partial charge in [-0.3, -0.25) is 4.98 Å². The summed E-state index contributed by atoms with van der Waals surface area (Å²) in [7, 11) is 1.93. The number of benzene rings is 3. The second kappa shape index (κ2) is 9.66. The molecule has 0 aliphatic heterocycles. The Kier molecular flexibility index (Phi) is 6.01. The summed E-state index contributed by atoms with van der Waals surface area (Å²) >= 11 is 1.63. The summed E-state index contributed by atoms with van der Waals surface area (Å²) in [6.07, 6.45) is 7.15. The second-order valence-corrected chi connectivity index (χ2v) is 10.5. The highest BCUT2D eigenvalue weighted by Gasteiger charge is 2.36. The van der Waals surface area contributed by atoms with Crippen LogP contribution in [0.1, 0.15) is 27.3 Å². The van der Waals surface area contributed by atoms with Crippen molar-refractivity contribution >= 4 is 21.4 Å². The molecule has 0 bridgehead atoms. The molecule has 6 aromatic rings. The van der Waals surface area contributed by atoms with Crippen molar-refractivity contribution in [3.63, 3.8) is 0 Å². The molecule has 6 rings (SSSR count). The van der Waals surface area contributed by atoms with Crippen molar-refractivity contribution in [2.75, 3.05) is 0 Å². The van der Waals surface area contributed by atoms with Crippen LogP contribution in [0.3, 0.4) is 0 Å². The normalized spacial score (nSPS) is 12.5. The first-order valence-electron chi connectivity index (χ1n) is 12.3. The number of thiophene rings is 1. The molecule has 3 heterocycles. The van der Waals surface area contributed by atoms with Gasteiger partial charge in [-0.25, -0.2) is 4.98 Å². The quantitative estimate of drug-likeness (QED) is 0.284. The minimum Gasteiger partial charge on any atom is -0.335 e. The Labute approximate surface area is 229 Å². The van der Waals surface area contributed by atoms with Crippen molar-refractivity contribution in [2.24, 2.45) is 12.8 Å². The van der Waals surface area contributed by atoms with E-state index in [1.165, 1.54) is 0 Å². The van der Waals surface area contributed by atoms with E-state index in [1.807, 2.05) is 66.3 Å². The van der Waals surface area contributed by atoms with Crippen molar-refractivity contribution in [3.05, 3.63) is 131 Å². The van der Waals surface area contributed by atoms with E-state index < -0.39 is 5.54 Å². The van der Waals surface area contributed by atoms with Gasteiger partial charge in [0.15, 0.2) is 0 Å². The van der Waals surface area contributed by atoms with E-state index in [-0.39, 0.29) is 0 Å². The Bertz CT molecular complexity index is 1910. The van der Waals surface area contributed by atoms with Crippen LogP contribution < -0.4 is 5.73 Å². The summed E-state index contributed by atoms with van der Waals surface area (Å²) in [6.45, 7) is 0. The van der Waals surface area contributed by atoms with Crippen molar-refractivity contribution in [2.45, 2.75) is 5.54 Å². The van der Waals surface area contributed by atoms with Gasteiger partial charge in [-0.15, -0.1) is 11.3 Å². The van der Waals surface area contributed by atoms with Gasteiger partial charge in [0.25, 0.3) is 0 Å². The fourth-order valence-corrected chi connectivity index (χ4v) is 6.25. The zero-order chi connectivity index (χ0) is 27.0. The molecule has 0 aliphatic carbocycles. The first-order chi connectivity index (χ1) is 19.0. The number of rotatable bonds is 5. The number of fused-ring (bicyclic) bond motifs is 1. The lowest BCUT2D eigenvalue weighted by atomic mass is 9.85. The number of aromatic nitrogens is 3. The molecule has 6 nitrogen and oxygen atoms in total. The zero-order valence-corrected chi connectivity index (χ0v) is 21.9. The maximum atomic E-state index is 9.56. The minimum atomic E-state index is -1.01. The monoisotopic (exact) mass is 522 g/mol. The van der Waals surface area contributed by atoms with Crippen molar-refractivity contribution < 1.29 is 0 Å². The maximum Gasteiger partial charge on any atom is 0.118 e. The molecule has 186 valence electrons. The van der Waals surface area contributed by atoms with Gasteiger partial charge in [0, 0.05) is 40.0 Å². The van der Waals surface area contributed by atoms with Crippen LogP contribution in [-0.4, -0.2) is 14.5 Å². The van der Waals surface area contributed by atoms with E-state index in [2.05, 4.69) is 40.3 Å². The summed E-state index contributed by atoms with van der Waals surface area (Å²) in [5.74, 6) is 0. The molecular formula is C32H22N6S. The average molecular weight is 523 g/mol. The number of nitrogens with two attached hydrogens (primary N) is 1. The lowest BCUT2D eigenvalue weighted by molar-refractivity contribution is 0.607. The van der Waals surface area contributed by atoms with Gasteiger partial charge < -0.3 is 10.3 Å². The molecule has 0 fully saturated rings. The molecule has 2 N–H and O–H groups in total. The molecule has 39 heavy (non-hydrogen) atoms. The van der Waals surface area contributed by atoms with Gasteiger partial charge >= 0.3 is 0 Å². The van der Waals surface area contributed by atoms with E-state index in [9.17, 15) is 10.5 Å². The maximum absolute atomic E-state index is 9.56. The largest absolute Gasteiger partial charge is 0.335 e. The van der Waals surface area contributed by atoms with E-state index in [0.717, 1.165) is 48.5 Å². The summed E-state index contributed by atoms with van der Waals surface area (Å²) in [5.41, 5.74) is 13.2. The number of imidazole rings is 1. The molecule has 0 saturated heterocycles. The van der Waals surface area contributed by atoms with E-state index in [4.69, 9.17) is 5.73 Å². The third-order valence-corrected chi connectivity index (χ3v) is 8.23. The van der Waals surface area contributed by atoms with Gasteiger partial charge in [-0.2, -0.15) is 10.5 Å². The molecule has 0 radical (unpaired) electrons. The molecule has 1 atom stereocenters. The van der Waals surface area contributed by atoms with E-state index >= 15 is 0 Å². The fraction of sp³-hybridized carbons (Fsp3) is 0.0625. The van der Waals surface area contributed by atoms with Crippen LogP contribution in [0.15, 0.2) is 104 Å². The summed E-state index contributed by atoms with van der Waals surface area (Å²) < 4.78 is 3.00. The molecule has 3 aromatic carbocycles. The Balaban J connectivity index is 1.64. The topological polar surface area (TPSA) is 104 Å². The third-order valence-electron chi connectivity index (χ3n) is 7.01. The number of nitriles is 2. The van der Waals surface area contributed by atoms with Gasteiger partial charge in [0.2, 0.25) is 0 Å². The van der Waals surface area contributed by atoms with Crippen LogP contribution in [0, 0.1) is 22.7 Å². The Hall–Kier alpha value is -5.08. The Morgan fingerprint density at radius 2 is 1.62 bits per heavy atom. The lowest BCUT2D eigenvalue weighted by Crippen LogP contribution is -2.40.